The molecule has 1 saturated heterocycles. The molecule has 0 aromatic carbocycles. The molecule has 0 saturated carbocycles. The van der Waals surface area contributed by atoms with Gasteiger partial charge in [0.1, 0.15) is 11.9 Å². The van der Waals surface area contributed by atoms with Gasteiger partial charge in [0, 0.05) is 31.1 Å². The summed E-state index contributed by atoms with van der Waals surface area (Å²) < 4.78 is 20.7. The van der Waals surface area contributed by atoms with Crippen LogP contribution >= 0.6 is 0 Å². The zero-order valence-electron chi connectivity index (χ0n) is 12.2. The van der Waals surface area contributed by atoms with Gasteiger partial charge < -0.3 is 10.1 Å². The normalized spacial score (nSPS) is 21.0. The first-order valence-corrected chi connectivity index (χ1v) is 7.22. The Balaban J connectivity index is 1.72. The quantitative estimate of drug-likeness (QED) is 0.933. The van der Waals surface area contributed by atoms with Crippen molar-refractivity contribution in [2.75, 3.05) is 6.61 Å². The molecule has 2 atom stereocenters. The number of carbonyl (C=O) groups is 1. The average Bonchev–Trinajstić information content (AvgIpc) is 3.15. The molecule has 0 radical (unpaired) electrons. The van der Waals surface area contributed by atoms with Crippen LogP contribution in [0.25, 0.3) is 0 Å². The second-order valence-electron chi connectivity index (χ2n) is 5.18. The number of halogens is 1. The molecule has 1 fully saturated rings. The van der Waals surface area contributed by atoms with Crippen LogP contribution in [0.1, 0.15) is 35.4 Å². The van der Waals surface area contributed by atoms with Crippen molar-refractivity contribution in [2.24, 2.45) is 0 Å². The molecule has 0 aliphatic carbocycles. The lowest BCUT2D eigenvalue weighted by Gasteiger charge is -2.18. The summed E-state index contributed by atoms with van der Waals surface area (Å²) in [6.07, 6.45) is 6.55. The molecular weight excluding hydrogens is 287 g/mol. The van der Waals surface area contributed by atoms with Gasteiger partial charge in [-0.2, -0.15) is 5.10 Å². The first-order chi connectivity index (χ1) is 10.7. The van der Waals surface area contributed by atoms with E-state index in [-0.39, 0.29) is 23.6 Å². The van der Waals surface area contributed by atoms with E-state index in [1.165, 1.54) is 12.3 Å². The molecule has 116 valence electrons. The SMILES string of the molecule is CCn1cc([C@H]2OCC[C@@H]2NC(=O)c2cncc(F)c2)cn1. The fourth-order valence-corrected chi connectivity index (χ4v) is 2.55. The van der Waals surface area contributed by atoms with Crippen molar-refractivity contribution in [3.05, 3.63) is 47.8 Å². The summed E-state index contributed by atoms with van der Waals surface area (Å²) in [6, 6.07) is 1.01. The molecule has 0 bridgehead atoms. The van der Waals surface area contributed by atoms with E-state index in [1.807, 2.05) is 17.8 Å². The van der Waals surface area contributed by atoms with Gasteiger partial charge in [0.25, 0.3) is 5.91 Å². The Bertz CT molecular complexity index is 673. The van der Waals surface area contributed by atoms with E-state index >= 15 is 0 Å². The van der Waals surface area contributed by atoms with Crippen LogP contribution in [0.5, 0.6) is 0 Å². The standard InChI is InChI=1S/C15H17FN4O2/c1-2-20-9-11(7-18-20)14-13(3-4-22-14)19-15(21)10-5-12(16)8-17-6-10/h5-9,13-14H,2-4H2,1H3,(H,19,21)/t13-,14+/m0/s1. The largest absolute Gasteiger partial charge is 0.371 e. The number of rotatable bonds is 4. The van der Waals surface area contributed by atoms with Gasteiger partial charge >= 0.3 is 0 Å². The maximum absolute atomic E-state index is 13.1. The van der Waals surface area contributed by atoms with Crippen LogP contribution < -0.4 is 5.32 Å². The van der Waals surface area contributed by atoms with Gasteiger partial charge in [-0.3, -0.25) is 14.5 Å². The second-order valence-corrected chi connectivity index (χ2v) is 5.18. The maximum Gasteiger partial charge on any atom is 0.253 e. The average molecular weight is 304 g/mol. The Morgan fingerprint density at radius 2 is 2.36 bits per heavy atom. The van der Waals surface area contributed by atoms with Crippen LogP contribution in [-0.2, 0) is 11.3 Å². The van der Waals surface area contributed by atoms with Crippen molar-refractivity contribution in [2.45, 2.75) is 32.0 Å². The number of ether oxygens (including phenoxy) is 1. The molecule has 6 nitrogen and oxygen atoms in total. The van der Waals surface area contributed by atoms with Crippen molar-refractivity contribution in [3.63, 3.8) is 0 Å². The van der Waals surface area contributed by atoms with Gasteiger partial charge in [0.2, 0.25) is 0 Å². The van der Waals surface area contributed by atoms with Crippen molar-refractivity contribution in [1.29, 1.82) is 0 Å². The van der Waals surface area contributed by atoms with Crippen LogP contribution in [0.15, 0.2) is 30.9 Å². The minimum absolute atomic E-state index is 0.162. The number of aryl methyl sites for hydroxylation is 1. The van der Waals surface area contributed by atoms with Crippen molar-refractivity contribution in [1.82, 2.24) is 20.1 Å². The number of nitrogens with one attached hydrogen (secondary N) is 1. The third-order valence-corrected chi connectivity index (χ3v) is 3.68. The van der Waals surface area contributed by atoms with Crippen molar-refractivity contribution < 1.29 is 13.9 Å². The Hall–Kier alpha value is -2.28. The summed E-state index contributed by atoms with van der Waals surface area (Å²) in [5.74, 6) is -0.883. The number of amides is 1. The minimum atomic E-state index is -0.531. The summed E-state index contributed by atoms with van der Waals surface area (Å²) in [5.41, 5.74) is 1.14. The van der Waals surface area contributed by atoms with Crippen LogP contribution in [0.3, 0.4) is 0 Å². The molecule has 0 spiro atoms. The van der Waals surface area contributed by atoms with E-state index in [9.17, 15) is 9.18 Å². The molecule has 1 aliphatic rings. The third-order valence-electron chi connectivity index (χ3n) is 3.68. The lowest BCUT2D eigenvalue weighted by atomic mass is 10.0. The molecule has 2 aromatic heterocycles. The van der Waals surface area contributed by atoms with Crippen LogP contribution in [0.2, 0.25) is 0 Å². The summed E-state index contributed by atoms with van der Waals surface area (Å²) in [6.45, 7) is 3.34. The van der Waals surface area contributed by atoms with E-state index in [1.54, 1.807) is 6.20 Å². The predicted octanol–water partition coefficient (Wildman–Crippen LogP) is 1.70. The lowest BCUT2D eigenvalue weighted by molar-refractivity contribution is 0.0820. The van der Waals surface area contributed by atoms with Crippen LogP contribution in [-0.4, -0.2) is 33.3 Å². The number of hydrogen-bond acceptors (Lipinski definition) is 4. The topological polar surface area (TPSA) is 69.0 Å². The molecule has 0 unspecified atom stereocenters. The number of nitrogens with zero attached hydrogens (tertiary/aromatic N) is 3. The first-order valence-electron chi connectivity index (χ1n) is 7.22. The van der Waals surface area contributed by atoms with E-state index in [2.05, 4.69) is 15.4 Å². The van der Waals surface area contributed by atoms with Crippen LogP contribution in [0, 0.1) is 5.82 Å². The zero-order chi connectivity index (χ0) is 15.5. The van der Waals surface area contributed by atoms with E-state index in [4.69, 9.17) is 4.74 Å². The highest BCUT2D eigenvalue weighted by Crippen LogP contribution is 2.29. The van der Waals surface area contributed by atoms with E-state index in [0.29, 0.717) is 13.0 Å². The molecule has 1 amide bonds. The molecule has 3 heterocycles. The highest BCUT2D eigenvalue weighted by atomic mass is 19.1. The number of carbonyl (C=O) groups excluding carboxylic acids is 1. The Kier molecular flexibility index (Phi) is 4.15. The fraction of sp³-hybridized carbons (Fsp3) is 0.400. The first kappa shape index (κ1) is 14.6. The lowest BCUT2D eigenvalue weighted by Crippen LogP contribution is -2.36. The third kappa shape index (κ3) is 2.99. The van der Waals surface area contributed by atoms with Crippen molar-refractivity contribution in [3.8, 4) is 0 Å². The van der Waals surface area contributed by atoms with E-state index in [0.717, 1.165) is 18.3 Å². The monoisotopic (exact) mass is 304 g/mol. The highest BCUT2D eigenvalue weighted by Gasteiger charge is 2.32. The number of pyridine rings is 1. The maximum atomic E-state index is 13.1. The van der Waals surface area contributed by atoms with Gasteiger partial charge in [-0.1, -0.05) is 0 Å². The minimum Gasteiger partial charge on any atom is -0.371 e. The molecule has 22 heavy (non-hydrogen) atoms. The molecule has 3 rings (SSSR count). The van der Waals surface area contributed by atoms with Gasteiger partial charge in [0.05, 0.1) is 24.0 Å². The zero-order valence-corrected chi connectivity index (χ0v) is 12.2. The van der Waals surface area contributed by atoms with Gasteiger partial charge in [-0.25, -0.2) is 4.39 Å². The Labute approximate surface area is 127 Å². The molecule has 1 aliphatic heterocycles. The summed E-state index contributed by atoms with van der Waals surface area (Å²) in [5, 5.41) is 7.12. The smallest absolute Gasteiger partial charge is 0.253 e. The molecular formula is C15H17FN4O2. The number of hydrogen-bond donors (Lipinski definition) is 1. The summed E-state index contributed by atoms with van der Waals surface area (Å²) >= 11 is 0. The Morgan fingerprint density at radius 1 is 1.50 bits per heavy atom. The van der Waals surface area contributed by atoms with Crippen molar-refractivity contribution >= 4 is 5.91 Å². The van der Waals surface area contributed by atoms with Gasteiger partial charge in [-0.05, 0) is 19.4 Å². The number of aromatic nitrogens is 3. The molecule has 1 N–H and O–H groups in total. The van der Waals surface area contributed by atoms with E-state index < -0.39 is 5.82 Å². The van der Waals surface area contributed by atoms with Gasteiger partial charge in [-0.15, -0.1) is 0 Å². The molecule has 7 heteroatoms. The summed E-state index contributed by atoms with van der Waals surface area (Å²) in [7, 11) is 0. The predicted molar refractivity (Wildman–Crippen MR) is 76.7 cm³/mol. The summed E-state index contributed by atoms with van der Waals surface area (Å²) in [4.78, 5) is 15.9. The fourth-order valence-electron chi connectivity index (χ4n) is 2.55. The van der Waals surface area contributed by atoms with Crippen LogP contribution in [0.4, 0.5) is 4.39 Å². The highest BCUT2D eigenvalue weighted by molar-refractivity contribution is 5.94. The Morgan fingerprint density at radius 3 is 3.09 bits per heavy atom. The molecule has 2 aromatic rings. The second kappa shape index (κ2) is 6.23. The van der Waals surface area contributed by atoms with Gasteiger partial charge in [0.15, 0.2) is 0 Å².